The van der Waals surface area contributed by atoms with E-state index in [1.807, 2.05) is 0 Å². The van der Waals surface area contributed by atoms with Crippen LogP contribution in [0.5, 0.6) is 0 Å². The van der Waals surface area contributed by atoms with Gasteiger partial charge in [0, 0.05) is 7.11 Å². The van der Waals surface area contributed by atoms with Gasteiger partial charge in [0.1, 0.15) is 0 Å². The number of ether oxygens (including phenoxy) is 1. The Bertz CT molecular complexity index is 683. The minimum absolute atomic E-state index is 0.0113. The summed E-state index contributed by atoms with van der Waals surface area (Å²) in [6, 6.07) is 6.08. The second-order valence-electron chi connectivity index (χ2n) is 5.84. The minimum Gasteiger partial charge on any atom is -0.481 e. The third kappa shape index (κ3) is 5.93. The Balaban J connectivity index is 2.78. The van der Waals surface area contributed by atoms with Crippen molar-refractivity contribution in [2.75, 3.05) is 19.5 Å². The van der Waals surface area contributed by atoms with Gasteiger partial charge in [0.25, 0.3) is 0 Å². The summed E-state index contributed by atoms with van der Waals surface area (Å²) in [7, 11) is -1.85. The van der Waals surface area contributed by atoms with Crippen LogP contribution in [0.15, 0.2) is 29.2 Å². The highest BCUT2D eigenvalue weighted by Crippen LogP contribution is 2.14. The molecule has 8 heteroatoms. The molecule has 0 aliphatic carbocycles. The van der Waals surface area contributed by atoms with Gasteiger partial charge in [-0.05, 0) is 24.6 Å². The highest BCUT2D eigenvalue weighted by molar-refractivity contribution is 7.91. The van der Waals surface area contributed by atoms with Gasteiger partial charge in [-0.3, -0.25) is 9.59 Å². The smallest absolute Gasteiger partial charge is 0.305 e. The minimum atomic E-state index is -3.28. The van der Waals surface area contributed by atoms with Gasteiger partial charge in [0.15, 0.2) is 9.84 Å². The molecule has 0 saturated heterocycles. The summed E-state index contributed by atoms with van der Waals surface area (Å²) in [4.78, 5) is 23.3. The van der Waals surface area contributed by atoms with E-state index in [1.165, 1.54) is 19.2 Å². The summed E-state index contributed by atoms with van der Waals surface area (Å²) in [5, 5.41) is 11.6. The van der Waals surface area contributed by atoms with E-state index in [-0.39, 0.29) is 36.0 Å². The largest absolute Gasteiger partial charge is 0.481 e. The summed E-state index contributed by atoms with van der Waals surface area (Å²) in [6.45, 7) is 3.23. The molecule has 0 radical (unpaired) electrons. The molecule has 0 aromatic heterocycles. The number of rotatable bonds is 9. The molecule has 0 aliphatic rings. The maximum atomic E-state index is 12.1. The molecule has 24 heavy (non-hydrogen) atoms. The summed E-state index contributed by atoms with van der Waals surface area (Å²) in [5.74, 6) is -1.39. The number of nitrogens with one attached hydrogen (secondary N) is 1. The molecule has 0 heterocycles. The van der Waals surface area contributed by atoms with E-state index in [9.17, 15) is 18.0 Å². The Labute approximate surface area is 141 Å². The van der Waals surface area contributed by atoms with Crippen molar-refractivity contribution in [3.63, 3.8) is 0 Å². The Morgan fingerprint density at radius 1 is 1.25 bits per heavy atom. The van der Waals surface area contributed by atoms with Gasteiger partial charge in [0.05, 0.1) is 35.6 Å². The van der Waals surface area contributed by atoms with Gasteiger partial charge in [-0.2, -0.15) is 0 Å². The van der Waals surface area contributed by atoms with E-state index in [2.05, 4.69) is 5.32 Å². The van der Waals surface area contributed by atoms with Gasteiger partial charge in [-0.15, -0.1) is 0 Å². The third-order valence-electron chi connectivity index (χ3n) is 3.47. The monoisotopic (exact) mass is 357 g/mol. The molecule has 134 valence electrons. The first-order chi connectivity index (χ1) is 11.1. The van der Waals surface area contributed by atoms with Crippen LogP contribution < -0.4 is 5.32 Å². The Hall–Kier alpha value is -1.93. The number of methoxy groups -OCH3 is 1. The number of hydrogen-bond donors (Lipinski definition) is 2. The molecule has 0 fully saturated rings. The van der Waals surface area contributed by atoms with Crippen molar-refractivity contribution in [3.05, 3.63) is 29.8 Å². The first-order valence-electron chi connectivity index (χ1n) is 7.45. The maximum absolute atomic E-state index is 12.1. The molecule has 1 amide bonds. The average Bonchev–Trinajstić information content (AvgIpc) is 2.46. The number of carboxylic acids is 1. The Morgan fingerprint density at radius 2 is 1.83 bits per heavy atom. The molecule has 2 N–H and O–H groups in total. The van der Waals surface area contributed by atoms with E-state index in [0.717, 1.165) is 0 Å². The number of carboxylic acid groups (broad SMARTS) is 1. The van der Waals surface area contributed by atoms with Crippen molar-refractivity contribution in [2.24, 2.45) is 0 Å². The molecule has 0 aliphatic heterocycles. The summed E-state index contributed by atoms with van der Waals surface area (Å²) in [5.41, 5.74) is -0.374. The molecule has 0 bridgehead atoms. The number of aliphatic carboxylic acids is 1. The topological polar surface area (TPSA) is 110 Å². The highest BCUT2D eigenvalue weighted by Gasteiger charge is 2.29. The van der Waals surface area contributed by atoms with Gasteiger partial charge < -0.3 is 15.2 Å². The predicted molar refractivity (Wildman–Crippen MR) is 88.5 cm³/mol. The van der Waals surface area contributed by atoms with Crippen LogP contribution in [0.4, 0.5) is 0 Å². The maximum Gasteiger partial charge on any atom is 0.305 e. The quantitative estimate of drug-likeness (QED) is 0.683. The SMILES string of the molecule is CCS(=O)(=O)c1ccc(CC(=O)NC(C)(COC)CC(=O)O)cc1. The van der Waals surface area contributed by atoms with Crippen LogP contribution in [0, 0.1) is 0 Å². The molecule has 1 atom stereocenters. The number of carbonyl (C=O) groups is 2. The summed E-state index contributed by atoms with van der Waals surface area (Å²) < 4.78 is 28.5. The number of benzene rings is 1. The first-order valence-corrected chi connectivity index (χ1v) is 9.10. The Kier molecular flexibility index (Phi) is 6.92. The molecular formula is C16H23NO6S. The van der Waals surface area contributed by atoms with E-state index in [4.69, 9.17) is 9.84 Å². The lowest BCUT2D eigenvalue weighted by Crippen LogP contribution is -2.51. The van der Waals surface area contributed by atoms with Crippen LogP contribution in [0.1, 0.15) is 25.8 Å². The molecule has 1 unspecified atom stereocenters. The molecule has 0 spiro atoms. The van der Waals surface area contributed by atoms with Crippen LogP contribution >= 0.6 is 0 Å². The molecular weight excluding hydrogens is 334 g/mol. The lowest BCUT2D eigenvalue weighted by atomic mass is 9.98. The normalized spacial score (nSPS) is 14.0. The van der Waals surface area contributed by atoms with E-state index < -0.39 is 21.3 Å². The van der Waals surface area contributed by atoms with Crippen molar-refractivity contribution < 1.29 is 27.9 Å². The van der Waals surface area contributed by atoms with Crippen LogP contribution in [0.25, 0.3) is 0 Å². The fourth-order valence-corrected chi connectivity index (χ4v) is 3.22. The second kappa shape index (κ2) is 8.25. The average molecular weight is 357 g/mol. The fraction of sp³-hybridized carbons (Fsp3) is 0.500. The number of sulfone groups is 1. The number of carbonyl (C=O) groups excluding carboxylic acids is 1. The lowest BCUT2D eigenvalue weighted by molar-refractivity contribution is -0.139. The van der Waals surface area contributed by atoms with Crippen LogP contribution in [0.2, 0.25) is 0 Å². The molecule has 1 rings (SSSR count). The van der Waals surface area contributed by atoms with Crippen LogP contribution in [0.3, 0.4) is 0 Å². The van der Waals surface area contributed by atoms with Gasteiger partial charge in [-0.25, -0.2) is 8.42 Å². The van der Waals surface area contributed by atoms with E-state index in [0.29, 0.717) is 5.56 Å². The number of amides is 1. The van der Waals surface area contributed by atoms with Crippen molar-refractivity contribution in [3.8, 4) is 0 Å². The van der Waals surface area contributed by atoms with Crippen molar-refractivity contribution in [1.29, 1.82) is 0 Å². The van der Waals surface area contributed by atoms with Gasteiger partial charge in [0.2, 0.25) is 5.91 Å². The van der Waals surface area contributed by atoms with Crippen LogP contribution in [-0.4, -0.2) is 50.4 Å². The zero-order chi connectivity index (χ0) is 18.4. The van der Waals surface area contributed by atoms with E-state index in [1.54, 1.807) is 26.0 Å². The fourth-order valence-electron chi connectivity index (χ4n) is 2.33. The Morgan fingerprint density at radius 3 is 2.29 bits per heavy atom. The first kappa shape index (κ1) is 20.1. The van der Waals surface area contributed by atoms with Crippen molar-refractivity contribution in [2.45, 2.75) is 37.1 Å². The summed E-state index contributed by atoms with van der Waals surface area (Å²) >= 11 is 0. The molecule has 1 aromatic carbocycles. The van der Waals surface area contributed by atoms with Crippen LogP contribution in [-0.2, 0) is 30.6 Å². The summed E-state index contributed by atoms with van der Waals surface area (Å²) in [6.07, 6.45) is -0.244. The highest BCUT2D eigenvalue weighted by atomic mass is 32.2. The standard InChI is InChI=1S/C16H23NO6S/c1-4-24(21,22)13-7-5-12(6-8-13)9-14(18)17-16(2,11-23-3)10-15(19)20/h5-8H,4,9-11H2,1-3H3,(H,17,18)(H,19,20). The molecule has 1 aromatic rings. The second-order valence-corrected chi connectivity index (χ2v) is 8.11. The van der Waals surface area contributed by atoms with Crippen molar-refractivity contribution >= 4 is 21.7 Å². The zero-order valence-corrected chi connectivity index (χ0v) is 14.9. The lowest BCUT2D eigenvalue weighted by Gasteiger charge is -2.28. The molecule has 0 saturated carbocycles. The van der Waals surface area contributed by atoms with Crippen molar-refractivity contribution in [1.82, 2.24) is 5.32 Å². The van der Waals surface area contributed by atoms with Gasteiger partial charge in [-0.1, -0.05) is 19.1 Å². The number of hydrogen-bond acceptors (Lipinski definition) is 5. The third-order valence-corrected chi connectivity index (χ3v) is 5.22. The zero-order valence-electron chi connectivity index (χ0n) is 14.0. The molecule has 7 nitrogen and oxygen atoms in total. The predicted octanol–water partition coefficient (Wildman–Crippen LogP) is 1.02. The van der Waals surface area contributed by atoms with E-state index >= 15 is 0 Å². The van der Waals surface area contributed by atoms with Gasteiger partial charge >= 0.3 is 5.97 Å².